The number of ether oxygens (including phenoxy) is 1. The summed E-state index contributed by atoms with van der Waals surface area (Å²) < 4.78 is 4.90. The molecule has 0 aliphatic heterocycles. The summed E-state index contributed by atoms with van der Waals surface area (Å²) in [5, 5.41) is 20.3. The molecule has 1 N–H and O–H groups in total. The van der Waals surface area contributed by atoms with Crippen LogP contribution in [0.2, 0.25) is 0 Å². The molecule has 20 heavy (non-hydrogen) atoms. The normalized spacial score (nSPS) is 10.4. The van der Waals surface area contributed by atoms with Crippen LogP contribution < -0.4 is 0 Å². The number of hydrogen-bond acceptors (Lipinski definition) is 6. The molecule has 0 aliphatic carbocycles. The van der Waals surface area contributed by atoms with Gasteiger partial charge in [-0.1, -0.05) is 12.1 Å². The van der Waals surface area contributed by atoms with Crippen LogP contribution in [0.25, 0.3) is 10.6 Å². The van der Waals surface area contributed by atoms with Crippen molar-refractivity contribution >= 4 is 23.0 Å². The van der Waals surface area contributed by atoms with E-state index in [1.54, 1.807) is 6.07 Å². The quantitative estimate of drug-likeness (QED) is 0.671. The van der Waals surface area contributed by atoms with E-state index in [0.717, 1.165) is 11.3 Å². The third-order valence-corrected chi connectivity index (χ3v) is 3.61. The number of carboxylic acid groups (broad SMARTS) is 1. The van der Waals surface area contributed by atoms with Crippen LogP contribution in [0.1, 0.15) is 15.4 Å². The zero-order valence-electron chi connectivity index (χ0n) is 10.4. The summed E-state index contributed by atoms with van der Waals surface area (Å²) in [6.07, 6.45) is 0. The molecule has 104 valence electrons. The molecule has 0 unspecified atom stereocenters. The van der Waals surface area contributed by atoms with E-state index in [9.17, 15) is 14.9 Å². The van der Waals surface area contributed by atoms with Gasteiger partial charge in [0, 0.05) is 24.8 Å². The highest BCUT2D eigenvalue weighted by molar-refractivity contribution is 7.17. The van der Waals surface area contributed by atoms with Gasteiger partial charge in [-0.2, -0.15) is 0 Å². The first-order valence-corrected chi connectivity index (χ1v) is 6.31. The van der Waals surface area contributed by atoms with Crippen LogP contribution in [0, 0.1) is 10.1 Å². The molecule has 0 spiro atoms. The Labute approximate surface area is 117 Å². The minimum absolute atomic E-state index is 0.0668. The average Bonchev–Trinajstić information content (AvgIpc) is 2.83. The average molecular weight is 294 g/mol. The maximum atomic E-state index is 11.1. The Bertz CT molecular complexity index is 668. The van der Waals surface area contributed by atoms with Gasteiger partial charge in [0.05, 0.1) is 17.2 Å². The molecule has 0 aliphatic rings. The molecular formula is C12H10N2O5S. The predicted molar refractivity (Wildman–Crippen MR) is 71.9 cm³/mol. The lowest BCUT2D eigenvalue weighted by Crippen LogP contribution is -1.99. The summed E-state index contributed by atoms with van der Waals surface area (Å²) in [6.45, 7) is 0.0764. The molecule has 0 bridgehead atoms. The van der Waals surface area contributed by atoms with Gasteiger partial charge < -0.3 is 9.84 Å². The number of hydrogen-bond donors (Lipinski definition) is 1. The fourth-order valence-corrected chi connectivity index (χ4v) is 2.53. The van der Waals surface area contributed by atoms with Gasteiger partial charge in [0.1, 0.15) is 9.88 Å². The van der Waals surface area contributed by atoms with Crippen molar-refractivity contribution in [2.24, 2.45) is 0 Å². The van der Waals surface area contributed by atoms with E-state index in [2.05, 4.69) is 4.98 Å². The van der Waals surface area contributed by atoms with Crippen molar-refractivity contribution in [1.29, 1.82) is 0 Å². The van der Waals surface area contributed by atoms with Crippen LogP contribution in [-0.4, -0.2) is 28.1 Å². The van der Waals surface area contributed by atoms with Crippen LogP contribution in [0.3, 0.4) is 0 Å². The molecule has 7 nitrogen and oxygen atoms in total. The number of nitro groups is 1. The molecule has 0 fully saturated rings. The number of aromatic nitrogens is 1. The molecule has 8 heteroatoms. The molecule has 0 radical (unpaired) electrons. The highest BCUT2D eigenvalue weighted by atomic mass is 32.1. The minimum Gasteiger partial charge on any atom is -0.477 e. The second kappa shape index (κ2) is 5.76. The summed E-state index contributed by atoms with van der Waals surface area (Å²) in [7, 11) is 1.44. The van der Waals surface area contributed by atoms with Gasteiger partial charge in [-0.05, 0) is 0 Å². The number of benzene rings is 1. The maximum absolute atomic E-state index is 11.1. The van der Waals surface area contributed by atoms with Crippen molar-refractivity contribution in [2.45, 2.75) is 6.61 Å². The third kappa shape index (κ3) is 2.81. The summed E-state index contributed by atoms with van der Waals surface area (Å²) in [6, 6.07) is 5.91. The van der Waals surface area contributed by atoms with E-state index in [-0.39, 0.29) is 17.2 Å². The van der Waals surface area contributed by atoms with Crippen molar-refractivity contribution in [1.82, 2.24) is 4.98 Å². The van der Waals surface area contributed by atoms with Gasteiger partial charge >= 0.3 is 5.97 Å². The Morgan fingerprint density at radius 1 is 1.55 bits per heavy atom. The van der Waals surface area contributed by atoms with Gasteiger partial charge in [-0.25, -0.2) is 9.78 Å². The number of nitro benzene ring substituents is 1. The van der Waals surface area contributed by atoms with E-state index in [1.165, 1.54) is 25.3 Å². The van der Waals surface area contributed by atoms with Crippen molar-refractivity contribution in [2.75, 3.05) is 7.11 Å². The van der Waals surface area contributed by atoms with Gasteiger partial charge in [-0.3, -0.25) is 10.1 Å². The number of methoxy groups -OCH3 is 1. The highest BCUT2D eigenvalue weighted by Crippen LogP contribution is 2.30. The first kappa shape index (κ1) is 14.1. The molecule has 1 aromatic carbocycles. The van der Waals surface area contributed by atoms with Gasteiger partial charge in [0.15, 0.2) is 0 Å². The van der Waals surface area contributed by atoms with Gasteiger partial charge in [0.2, 0.25) is 0 Å². The van der Waals surface area contributed by atoms with Crippen LogP contribution >= 0.6 is 11.3 Å². The van der Waals surface area contributed by atoms with Gasteiger partial charge in [0.25, 0.3) is 5.69 Å². The summed E-state index contributed by atoms with van der Waals surface area (Å²) in [5.74, 6) is -1.09. The van der Waals surface area contributed by atoms with Crippen LogP contribution in [0.4, 0.5) is 5.69 Å². The fraction of sp³-hybridized carbons (Fsp3) is 0.167. The standard InChI is InChI=1S/C12H10N2O5S/c1-19-6-9-10(12(15)16)20-11(13-9)7-3-2-4-8(5-7)14(17)18/h2-5H,6H2,1H3,(H,15,16). The van der Waals surface area contributed by atoms with E-state index < -0.39 is 10.9 Å². The molecule has 2 aromatic rings. The van der Waals surface area contributed by atoms with Crippen molar-refractivity contribution in [3.8, 4) is 10.6 Å². The fourth-order valence-electron chi connectivity index (χ4n) is 1.63. The molecule has 0 saturated heterocycles. The molecular weight excluding hydrogens is 284 g/mol. The number of rotatable bonds is 5. The Balaban J connectivity index is 2.47. The van der Waals surface area contributed by atoms with E-state index in [0.29, 0.717) is 16.3 Å². The molecule has 0 amide bonds. The maximum Gasteiger partial charge on any atom is 0.347 e. The predicted octanol–water partition coefficient (Wildman–Crippen LogP) is 2.56. The van der Waals surface area contributed by atoms with Crippen LogP contribution in [-0.2, 0) is 11.3 Å². The number of carbonyl (C=O) groups is 1. The van der Waals surface area contributed by atoms with Crippen LogP contribution in [0.5, 0.6) is 0 Å². The highest BCUT2D eigenvalue weighted by Gasteiger charge is 2.19. The van der Waals surface area contributed by atoms with Crippen molar-refractivity contribution in [3.63, 3.8) is 0 Å². The monoisotopic (exact) mass is 294 g/mol. The van der Waals surface area contributed by atoms with E-state index >= 15 is 0 Å². The lowest BCUT2D eigenvalue weighted by atomic mass is 10.2. The molecule has 0 saturated carbocycles. The Morgan fingerprint density at radius 3 is 2.90 bits per heavy atom. The summed E-state index contributed by atoms with van der Waals surface area (Å²) >= 11 is 0.968. The largest absolute Gasteiger partial charge is 0.477 e. The Morgan fingerprint density at radius 2 is 2.30 bits per heavy atom. The minimum atomic E-state index is -1.09. The Kier molecular flexibility index (Phi) is 4.06. The van der Waals surface area contributed by atoms with Gasteiger partial charge in [-0.15, -0.1) is 11.3 Å². The number of non-ortho nitro benzene ring substituents is 1. The molecule has 1 aromatic heterocycles. The topological polar surface area (TPSA) is 103 Å². The lowest BCUT2D eigenvalue weighted by Gasteiger charge is -1.96. The van der Waals surface area contributed by atoms with E-state index in [4.69, 9.17) is 9.84 Å². The lowest BCUT2D eigenvalue weighted by molar-refractivity contribution is -0.384. The summed E-state index contributed by atoms with van der Waals surface area (Å²) in [5.41, 5.74) is 0.753. The number of aromatic carboxylic acids is 1. The zero-order chi connectivity index (χ0) is 14.7. The molecule has 0 atom stereocenters. The van der Waals surface area contributed by atoms with Crippen LogP contribution in [0.15, 0.2) is 24.3 Å². The second-order valence-corrected chi connectivity index (χ2v) is 4.84. The second-order valence-electron chi connectivity index (χ2n) is 3.84. The SMILES string of the molecule is COCc1nc(-c2cccc([N+](=O)[O-])c2)sc1C(=O)O. The molecule has 2 rings (SSSR count). The number of thiazole rings is 1. The third-order valence-electron chi connectivity index (χ3n) is 2.48. The molecule has 1 heterocycles. The van der Waals surface area contributed by atoms with E-state index in [1.807, 2.05) is 0 Å². The summed E-state index contributed by atoms with van der Waals surface area (Å²) in [4.78, 5) is 25.6. The number of nitrogens with zero attached hydrogens (tertiary/aromatic N) is 2. The first-order chi connectivity index (χ1) is 9.52. The Hall–Kier alpha value is -2.32. The van der Waals surface area contributed by atoms with Crippen molar-refractivity contribution in [3.05, 3.63) is 45.0 Å². The number of carboxylic acids is 1. The zero-order valence-corrected chi connectivity index (χ0v) is 11.2. The smallest absolute Gasteiger partial charge is 0.347 e. The van der Waals surface area contributed by atoms with Crippen molar-refractivity contribution < 1.29 is 19.6 Å². The first-order valence-electron chi connectivity index (χ1n) is 5.49.